The van der Waals surface area contributed by atoms with Crippen molar-refractivity contribution in [1.29, 1.82) is 0 Å². The zero-order chi connectivity index (χ0) is 11.2. The van der Waals surface area contributed by atoms with E-state index in [4.69, 9.17) is 5.11 Å². The van der Waals surface area contributed by atoms with Crippen LogP contribution >= 0.6 is 0 Å². The van der Waals surface area contributed by atoms with E-state index in [0.717, 1.165) is 13.0 Å². The van der Waals surface area contributed by atoms with Gasteiger partial charge in [-0.1, -0.05) is 6.92 Å². The van der Waals surface area contributed by atoms with Gasteiger partial charge in [0.25, 0.3) is 0 Å². The molecule has 0 saturated heterocycles. The number of hydrogen-bond donors (Lipinski definition) is 1. The van der Waals surface area contributed by atoms with Gasteiger partial charge < -0.3 is 5.11 Å². The number of nitrogens with zero attached hydrogens (tertiary/aromatic N) is 1. The minimum Gasteiger partial charge on any atom is -0.480 e. The highest BCUT2D eigenvalue weighted by atomic mass is 16.4. The summed E-state index contributed by atoms with van der Waals surface area (Å²) >= 11 is 0. The molecule has 0 rings (SSSR count). The minimum absolute atomic E-state index is 0.705. The fourth-order valence-electron chi connectivity index (χ4n) is 1.28. The van der Waals surface area contributed by atoms with Gasteiger partial charge in [0.1, 0.15) is 5.54 Å². The number of rotatable bonds is 5. The third kappa shape index (κ3) is 3.39. The Labute approximate surface area is 86.1 Å². The summed E-state index contributed by atoms with van der Waals surface area (Å²) in [7, 11) is 0. The molecule has 1 N–H and O–H groups in total. The fraction of sp³-hybridized carbons (Fsp3) is 0.727. The molecule has 0 aromatic carbocycles. The number of aliphatic carboxylic acids is 1. The highest BCUT2D eigenvalue weighted by Crippen LogP contribution is 2.14. The molecule has 0 aliphatic heterocycles. The predicted molar refractivity (Wildman–Crippen MR) is 57.0 cm³/mol. The second-order valence-corrected chi connectivity index (χ2v) is 3.62. The van der Waals surface area contributed by atoms with Crippen LogP contribution in [0, 0.1) is 11.8 Å². The van der Waals surface area contributed by atoms with Gasteiger partial charge in [0.2, 0.25) is 0 Å². The van der Waals surface area contributed by atoms with Gasteiger partial charge in [-0.25, -0.2) is 0 Å². The number of likely N-dealkylation sites (N-methyl/N-ethyl adjacent to an activating group) is 1. The summed E-state index contributed by atoms with van der Waals surface area (Å²) in [6.07, 6.45) is 0.723. The topological polar surface area (TPSA) is 40.5 Å². The summed E-state index contributed by atoms with van der Waals surface area (Å²) in [5, 5.41) is 9.02. The van der Waals surface area contributed by atoms with E-state index in [1.807, 2.05) is 11.8 Å². The maximum absolute atomic E-state index is 11.0. The Bertz CT molecular complexity index is 248. The second-order valence-electron chi connectivity index (χ2n) is 3.62. The lowest BCUT2D eigenvalue weighted by Gasteiger charge is -2.33. The molecular formula is C11H19NO2. The predicted octanol–water partition coefficient (Wildman–Crippen LogP) is 1.58. The Hall–Kier alpha value is -1.01. The van der Waals surface area contributed by atoms with Gasteiger partial charge in [0, 0.05) is 13.0 Å². The quantitative estimate of drug-likeness (QED) is 0.680. The molecule has 14 heavy (non-hydrogen) atoms. The molecule has 0 unspecified atom stereocenters. The van der Waals surface area contributed by atoms with Gasteiger partial charge in [0.15, 0.2) is 0 Å². The van der Waals surface area contributed by atoms with Crippen molar-refractivity contribution in [2.24, 2.45) is 0 Å². The van der Waals surface area contributed by atoms with E-state index in [-0.39, 0.29) is 0 Å². The number of hydrogen-bond acceptors (Lipinski definition) is 2. The summed E-state index contributed by atoms with van der Waals surface area (Å²) in [4.78, 5) is 12.9. The molecule has 0 aromatic heterocycles. The van der Waals surface area contributed by atoms with Gasteiger partial charge in [-0.2, -0.15) is 0 Å². The molecule has 0 radical (unpaired) electrons. The first-order chi connectivity index (χ1) is 6.46. The van der Waals surface area contributed by atoms with E-state index in [9.17, 15) is 4.79 Å². The Morgan fingerprint density at radius 1 is 1.50 bits per heavy atom. The van der Waals surface area contributed by atoms with Crippen LogP contribution in [0.2, 0.25) is 0 Å². The van der Waals surface area contributed by atoms with Gasteiger partial charge in [-0.3, -0.25) is 9.69 Å². The normalized spacial score (nSPS) is 10.9. The lowest BCUT2D eigenvalue weighted by Crippen LogP contribution is -2.50. The molecule has 0 amide bonds. The second kappa shape index (κ2) is 5.66. The van der Waals surface area contributed by atoms with Crippen molar-refractivity contribution in [2.75, 3.05) is 13.1 Å². The maximum atomic E-state index is 11.0. The Kier molecular flexibility index (Phi) is 5.26. The van der Waals surface area contributed by atoms with Crippen LogP contribution in [0.25, 0.3) is 0 Å². The first-order valence-corrected chi connectivity index (χ1v) is 4.84. The van der Waals surface area contributed by atoms with Crippen molar-refractivity contribution in [3.63, 3.8) is 0 Å². The van der Waals surface area contributed by atoms with Gasteiger partial charge in [-0.05, 0) is 27.3 Å². The van der Waals surface area contributed by atoms with E-state index in [1.165, 1.54) is 0 Å². The van der Waals surface area contributed by atoms with Crippen LogP contribution in [-0.4, -0.2) is 34.6 Å². The zero-order valence-electron chi connectivity index (χ0n) is 9.42. The molecule has 0 aliphatic carbocycles. The molecule has 0 heterocycles. The number of carbonyl (C=O) groups is 1. The van der Waals surface area contributed by atoms with Gasteiger partial charge in [0.05, 0.1) is 0 Å². The van der Waals surface area contributed by atoms with E-state index >= 15 is 0 Å². The molecule has 0 spiro atoms. The first kappa shape index (κ1) is 13.0. The SMILES string of the molecule is CC#CCCN(CC)C(C)(C)C(=O)O. The van der Waals surface area contributed by atoms with Crippen LogP contribution in [0.4, 0.5) is 0 Å². The van der Waals surface area contributed by atoms with E-state index in [1.54, 1.807) is 20.8 Å². The standard InChI is InChI=1S/C11H19NO2/c1-5-7-8-9-12(6-2)11(3,4)10(13)14/h6,8-9H2,1-4H3,(H,13,14). The highest BCUT2D eigenvalue weighted by Gasteiger charge is 2.32. The minimum atomic E-state index is -0.801. The van der Waals surface area contributed by atoms with Gasteiger partial charge >= 0.3 is 5.97 Å². The molecule has 80 valence electrons. The summed E-state index contributed by atoms with van der Waals surface area (Å²) in [5.74, 6) is 4.96. The van der Waals surface area contributed by atoms with E-state index < -0.39 is 11.5 Å². The smallest absolute Gasteiger partial charge is 0.323 e. The lowest BCUT2D eigenvalue weighted by molar-refractivity contribution is -0.149. The van der Waals surface area contributed by atoms with Crippen LogP contribution in [0.15, 0.2) is 0 Å². The van der Waals surface area contributed by atoms with Crippen molar-refractivity contribution in [3.8, 4) is 11.8 Å². The average molecular weight is 197 g/mol. The van der Waals surface area contributed by atoms with Crippen molar-refractivity contribution < 1.29 is 9.90 Å². The molecule has 0 aliphatic rings. The van der Waals surface area contributed by atoms with Crippen LogP contribution < -0.4 is 0 Å². The molecule has 3 heteroatoms. The molecule has 3 nitrogen and oxygen atoms in total. The number of carboxylic acid groups (broad SMARTS) is 1. The van der Waals surface area contributed by atoms with Crippen LogP contribution in [0.3, 0.4) is 0 Å². The average Bonchev–Trinajstić information content (AvgIpc) is 2.12. The summed E-state index contributed by atoms with van der Waals surface area (Å²) in [5.41, 5.74) is -0.801. The van der Waals surface area contributed by atoms with Gasteiger partial charge in [-0.15, -0.1) is 11.8 Å². The molecule has 0 saturated carbocycles. The van der Waals surface area contributed by atoms with E-state index in [0.29, 0.717) is 6.54 Å². The third-order valence-electron chi connectivity index (χ3n) is 2.38. The van der Waals surface area contributed by atoms with Crippen molar-refractivity contribution in [2.45, 2.75) is 39.7 Å². The third-order valence-corrected chi connectivity index (χ3v) is 2.38. The largest absolute Gasteiger partial charge is 0.480 e. The Balaban J connectivity index is 4.37. The highest BCUT2D eigenvalue weighted by molar-refractivity contribution is 5.77. The molecule has 0 fully saturated rings. The van der Waals surface area contributed by atoms with Crippen molar-refractivity contribution in [1.82, 2.24) is 4.90 Å². The molecule has 0 bridgehead atoms. The lowest BCUT2D eigenvalue weighted by atomic mass is 10.0. The van der Waals surface area contributed by atoms with Crippen LogP contribution in [-0.2, 0) is 4.79 Å². The summed E-state index contributed by atoms with van der Waals surface area (Å²) in [6, 6.07) is 0. The van der Waals surface area contributed by atoms with Crippen LogP contribution in [0.5, 0.6) is 0 Å². The van der Waals surface area contributed by atoms with E-state index in [2.05, 4.69) is 11.8 Å². The number of carboxylic acids is 1. The molecule has 0 aromatic rings. The molecular weight excluding hydrogens is 178 g/mol. The Morgan fingerprint density at radius 3 is 2.43 bits per heavy atom. The zero-order valence-corrected chi connectivity index (χ0v) is 9.42. The summed E-state index contributed by atoms with van der Waals surface area (Å²) < 4.78 is 0. The first-order valence-electron chi connectivity index (χ1n) is 4.84. The van der Waals surface area contributed by atoms with Crippen molar-refractivity contribution >= 4 is 5.97 Å². The molecule has 0 atom stereocenters. The maximum Gasteiger partial charge on any atom is 0.323 e. The summed E-state index contributed by atoms with van der Waals surface area (Å²) in [6.45, 7) is 8.63. The fourth-order valence-corrected chi connectivity index (χ4v) is 1.28. The monoisotopic (exact) mass is 197 g/mol. The van der Waals surface area contributed by atoms with Crippen molar-refractivity contribution in [3.05, 3.63) is 0 Å². The Morgan fingerprint density at radius 2 is 2.07 bits per heavy atom. The van der Waals surface area contributed by atoms with Crippen LogP contribution in [0.1, 0.15) is 34.1 Å².